The SMILES string of the molecule is CC(=O)Nc1ccc(F)c(NC(=O)C2(N)CCCC2)c1.Cl. The summed E-state index contributed by atoms with van der Waals surface area (Å²) in [7, 11) is 0. The maximum Gasteiger partial charge on any atom is 0.244 e. The van der Waals surface area contributed by atoms with Crippen LogP contribution in [0.25, 0.3) is 0 Å². The van der Waals surface area contributed by atoms with E-state index in [0.29, 0.717) is 18.5 Å². The van der Waals surface area contributed by atoms with Crippen molar-refractivity contribution in [1.29, 1.82) is 0 Å². The number of anilines is 2. The summed E-state index contributed by atoms with van der Waals surface area (Å²) in [6.45, 7) is 1.36. The normalized spacial score (nSPS) is 16.0. The largest absolute Gasteiger partial charge is 0.326 e. The lowest BCUT2D eigenvalue weighted by atomic mass is 9.98. The first-order chi connectivity index (χ1) is 9.40. The van der Waals surface area contributed by atoms with Gasteiger partial charge in [0.05, 0.1) is 11.2 Å². The number of nitrogens with one attached hydrogen (secondary N) is 2. The van der Waals surface area contributed by atoms with E-state index in [9.17, 15) is 14.0 Å². The molecule has 1 aliphatic rings. The minimum atomic E-state index is -0.920. The van der Waals surface area contributed by atoms with Crippen LogP contribution in [-0.2, 0) is 9.59 Å². The zero-order valence-corrected chi connectivity index (χ0v) is 12.6. The Morgan fingerprint density at radius 3 is 2.43 bits per heavy atom. The van der Waals surface area contributed by atoms with Crippen LogP contribution in [0.4, 0.5) is 15.8 Å². The first-order valence-corrected chi connectivity index (χ1v) is 6.58. The smallest absolute Gasteiger partial charge is 0.244 e. The van der Waals surface area contributed by atoms with Gasteiger partial charge in [0.2, 0.25) is 11.8 Å². The van der Waals surface area contributed by atoms with E-state index >= 15 is 0 Å². The Kier molecular flexibility index (Phi) is 5.69. The van der Waals surface area contributed by atoms with E-state index in [4.69, 9.17) is 5.73 Å². The maximum absolute atomic E-state index is 13.7. The maximum atomic E-state index is 13.7. The highest BCUT2D eigenvalue weighted by Crippen LogP contribution is 2.29. The van der Waals surface area contributed by atoms with E-state index in [1.165, 1.54) is 25.1 Å². The van der Waals surface area contributed by atoms with E-state index in [1.807, 2.05) is 0 Å². The van der Waals surface area contributed by atoms with Crippen LogP contribution in [0.5, 0.6) is 0 Å². The second-order valence-corrected chi connectivity index (χ2v) is 5.19. The average molecular weight is 316 g/mol. The van der Waals surface area contributed by atoms with Crippen LogP contribution < -0.4 is 16.4 Å². The zero-order chi connectivity index (χ0) is 14.8. The highest BCUT2D eigenvalue weighted by molar-refractivity contribution is 5.99. The van der Waals surface area contributed by atoms with Crippen LogP contribution in [0.1, 0.15) is 32.6 Å². The summed E-state index contributed by atoms with van der Waals surface area (Å²) in [5, 5.41) is 5.05. The number of nitrogens with two attached hydrogens (primary N) is 1. The van der Waals surface area contributed by atoms with Gasteiger partial charge in [-0.1, -0.05) is 12.8 Å². The fraction of sp³-hybridized carbons (Fsp3) is 0.429. The molecular weight excluding hydrogens is 297 g/mol. The van der Waals surface area contributed by atoms with Gasteiger partial charge in [-0.3, -0.25) is 9.59 Å². The number of carbonyl (C=O) groups excluding carboxylic acids is 2. The van der Waals surface area contributed by atoms with Crippen LogP contribution in [0.15, 0.2) is 18.2 Å². The molecule has 2 rings (SSSR count). The molecule has 0 unspecified atom stereocenters. The predicted molar refractivity (Wildman–Crippen MR) is 82.0 cm³/mol. The summed E-state index contributed by atoms with van der Waals surface area (Å²) >= 11 is 0. The summed E-state index contributed by atoms with van der Waals surface area (Å²) in [6.07, 6.45) is 3.01. The molecule has 2 amide bonds. The standard InChI is InChI=1S/C14H18FN3O2.ClH/c1-9(19)17-10-4-5-11(15)12(8-10)18-13(20)14(16)6-2-3-7-14;/h4-5,8H,2-3,6-7,16H2,1H3,(H,17,19)(H,18,20);1H. The van der Waals surface area contributed by atoms with E-state index < -0.39 is 11.4 Å². The second kappa shape index (κ2) is 6.87. The zero-order valence-electron chi connectivity index (χ0n) is 11.7. The van der Waals surface area contributed by atoms with Crippen LogP contribution in [-0.4, -0.2) is 17.4 Å². The van der Waals surface area contributed by atoms with Crippen LogP contribution >= 0.6 is 12.4 Å². The lowest BCUT2D eigenvalue weighted by molar-refractivity contribution is -0.121. The predicted octanol–water partition coefficient (Wildman–Crippen LogP) is 2.42. The van der Waals surface area contributed by atoms with Gasteiger partial charge in [0.1, 0.15) is 5.82 Å². The molecule has 116 valence electrons. The van der Waals surface area contributed by atoms with Crippen molar-refractivity contribution in [1.82, 2.24) is 0 Å². The van der Waals surface area contributed by atoms with E-state index in [0.717, 1.165) is 12.8 Å². The van der Waals surface area contributed by atoms with Crippen molar-refractivity contribution in [2.45, 2.75) is 38.1 Å². The average Bonchev–Trinajstić information content (AvgIpc) is 2.81. The first kappa shape index (κ1) is 17.4. The molecule has 0 radical (unpaired) electrons. The molecule has 0 aliphatic heterocycles. The van der Waals surface area contributed by atoms with Gasteiger partial charge in [-0.15, -0.1) is 12.4 Å². The molecule has 0 bridgehead atoms. The van der Waals surface area contributed by atoms with Crippen molar-refractivity contribution in [2.75, 3.05) is 10.6 Å². The van der Waals surface area contributed by atoms with Crippen LogP contribution in [0, 0.1) is 5.82 Å². The quantitative estimate of drug-likeness (QED) is 0.801. The van der Waals surface area contributed by atoms with Gasteiger partial charge in [-0.2, -0.15) is 0 Å². The number of amides is 2. The van der Waals surface area contributed by atoms with Crippen LogP contribution in [0.3, 0.4) is 0 Å². The molecule has 0 saturated heterocycles. The molecule has 7 heteroatoms. The summed E-state index contributed by atoms with van der Waals surface area (Å²) in [5.41, 5.74) is 5.54. The van der Waals surface area contributed by atoms with Gasteiger partial charge in [0.25, 0.3) is 0 Å². The third-order valence-corrected chi connectivity index (χ3v) is 3.48. The molecule has 5 nitrogen and oxygen atoms in total. The monoisotopic (exact) mass is 315 g/mol. The molecule has 1 saturated carbocycles. The Balaban J connectivity index is 0.00000220. The minimum absolute atomic E-state index is 0. The number of hydrogen-bond donors (Lipinski definition) is 3. The molecule has 0 atom stereocenters. The summed E-state index contributed by atoms with van der Waals surface area (Å²) < 4.78 is 13.7. The highest BCUT2D eigenvalue weighted by Gasteiger charge is 2.37. The van der Waals surface area contributed by atoms with Gasteiger partial charge in [-0.25, -0.2) is 4.39 Å². The summed E-state index contributed by atoms with van der Waals surface area (Å²) in [5.74, 6) is -1.21. The molecule has 0 aromatic heterocycles. The summed E-state index contributed by atoms with van der Waals surface area (Å²) in [4.78, 5) is 23.1. The lowest BCUT2D eigenvalue weighted by Crippen LogP contribution is -2.48. The molecule has 21 heavy (non-hydrogen) atoms. The Hall–Kier alpha value is -1.66. The van der Waals surface area contributed by atoms with Crippen molar-refractivity contribution < 1.29 is 14.0 Å². The van der Waals surface area contributed by atoms with Gasteiger partial charge >= 0.3 is 0 Å². The third-order valence-electron chi connectivity index (χ3n) is 3.48. The van der Waals surface area contributed by atoms with Gasteiger partial charge in [0, 0.05) is 12.6 Å². The Morgan fingerprint density at radius 2 is 1.86 bits per heavy atom. The second-order valence-electron chi connectivity index (χ2n) is 5.19. The molecular formula is C14H19ClFN3O2. The van der Waals surface area contributed by atoms with Gasteiger partial charge < -0.3 is 16.4 Å². The van der Waals surface area contributed by atoms with Crippen molar-refractivity contribution in [3.63, 3.8) is 0 Å². The molecule has 1 aromatic rings. The number of rotatable bonds is 3. The van der Waals surface area contributed by atoms with E-state index in [2.05, 4.69) is 10.6 Å². The highest BCUT2D eigenvalue weighted by atomic mass is 35.5. The molecule has 1 aromatic carbocycles. The first-order valence-electron chi connectivity index (χ1n) is 6.58. The number of hydrogen-bond acceptors (Lipinski definition) is 3. The Bertz CT molecular complexity index is 545. The lowest BCUT2D eigenvalue weighted by Gasteiger charge is -2.22. The van der Waals surface area contributed by atoms with Crippen molar-refractivity contribution in [3.05, 3.63) is 24.0 Å². The molecule has 1 aliphatic carbocycles. The topological polar surface area (TPSA) is 84.2 Å². The fourth-order valence-corrected chi connectivity index (χ4v) is 2.38. The van der Waals surface area contributed by atoms with E-state index in [-0.39, 0.29) is 29.9 Å². The number of benzene rings is 1. The fourth-order valence-electron chi connectivity index (χ4n) is 2.38. The van der Waals surface area contributed by atoms with E-state index in [1.54, 1.807) is 0 Å². The molecule has 0 heterocycles. The third kappa shape index (κ3) is 4.15. The van der Waals surface area contributed by atoms with Gasteiger partial charge in [-0.05, 0) is 31.0 Å². The van der Waals surface area contributed by atoms with Crippen molar-refractivity contribution >= 4 is 35.6 Å². The Labute approximate surface area is 128 Å². The molecule has 0 spiro atoms. The van der Waals surface area contributed by atoms with Crippen molar-refractivity contribution in [3.8, 4) is 0 Å². The molecule has 1 fully saturated rings. The number of carbonyl (C=O) groups is 2. The minimum Gasteiger partial charge on any atom is -0.326 e. The Morgan fingerprint density at radius 1 is 1.24 bits per heavy atom. The van der Waals surface area contributed by atoms with Crippen LogP contribution in [0.2, 0.25) is 0 Å². The van der Waals surface area contributed by atoms with Gasteiger partial charge in [0.15, 0.2) is 0 Å². The number of halogens is 2. The summed E-state index contributed by atoms with van der Waals surface area (Å²) in [6, 6.07) is 4.01. The molecule has 4 N–H and O–H groups in total. The van der Waals surface area contributed by atoms with Crippen molar-refractivity contribution in [2.24, 2.45) is 5.73 Å².